The van der Waals surface area contributed by atoms with Gasteiger partial charge in [0, 0.05) is 21.0 Å². The molecule has 90 valence electrons. The average molecular weight is 314 g/mol. The van der Waals surface area contributed by atoms with E-state index < -0.39 is 0 Å². The minimum atomic E-state index is -0.245. The van der Waals surface area contributed by atoms with Gasteiger partial charge in [0.1, 0.15) is 5.82 Å². The van der Waals surface area contributed by atoms with Gasteiger partial charge in [-0.05, 0) is 36.4 Å². The van der Waals surface area contributed by atoms with E-state index in [0.717, 1.165) is 17.3 Å². The lowest BCUT2D eigenvalue weighted by Crippen LogP contribution is -2.12. The van der Waals surface area contributed by atoms with Crippen LogP contribution in [-0.4, -0.2) is 0 Å². The maximum absolute atomic E-state index is 13.7. The van der Waals surface area contributed by atoms with Gasteiger partial charge >= 0.3 is 0 Å². The molecule has 1 nitrogen and oxygen atoms in total. The van der Waals surface area contributed by atoms with Crippen molar-refractivity contribution >= 4 is 27.3 Å². The van der Waals surface area contributed by atoms with Crippen LogP contribution in [0.15, 0.2) is 40.2 Å². The number of hydrogen-bond donors (Lipinski definition) is 1. The van der Waals surface area contributed by atoms with E-state index in [-0.39, 0.29) is 11.9 Å². The van der Waals surface area contributed by atoms with Crippen molar-refractivity contribution in [2.24, 2.45) is 5.73 Å². The lowest BCUT2D eigenvalue weighted by atomic mass is 10.0. The van der Waals surface area contributed by atoms with Crippen LogP contribution in [0.25, 0.3) is 0 Å². The largest absolute Gasteiger partial charge is 0.324 e. The zero-order valence-corrected chi connectivity index (χ0v) is 11.6. The topological polar surface area (TPSA) is 26.0 Å². The summed E-state index contributed by atoms with van der Waals surface area (Å²) in [5, 5.41) is 2.04. The molecule has 2 N–H and O–H groups in total. The molecule has 0 aliphatic rings. The zero-order chi connectivity index (χ0) is 12.3. The molecule has 2 rings (SSSR count). The van der Waals surface area contributed by atoms with Gasteiger partial charge in [-0.2, -0.15) is 0 Å². The summed E-state index contributed by atoms with van der Waals surface area (Å²) in [4.78, 5) is 1.29. The highest BCUT2D eigenvalue weighted by Gasteiger charge is 2.11. The van der Waals surface area contributed by atoms with Crippen molar-refractivity contribution in [3.05, 3.63) is 56.4 Å². The number of hydrogen-bond acceptors (Lipinski definition) is 2. The Morgan fingerprint density at radius 2 is 2.18 bits per heavy atom. The van der Waals surface area contributed by atoms with Gasteiger partial charge in [0.2, 0.25) is 0 Å². The second-order valence-electron chi connectivity index (χ2n) is 3.89. The summed E-state index contributed by atoms with van der Waals surface area (Å²) >= 11 is 4.95. The lowest BCUT2D eigenvalue weighted by molar-refractivity contribution is 0.564. The summed E-state index contributed by atoms with van der Waals surface area (Å²) in [5.74, 6) is -0.238. The lowest BCUT2D eigenvalue weighted by Gasteiger charge is -2.12. The van der Waals surface area contributed by atoms with E-state index in [4.69, 9.17) is 5.73 Å². The molecule has 0 amide bonds. The molecule has 17 heavy (non-hydrogen) atoms. The maximum Gasteiger partial charge on any atom is 0.129 e. The van der Waals surface area contributed by atoms with Crippen LogP contribution in [0.1, 0.15) is 22.9 Å². The summed E-state index contributed by atoms with van der Waals surface area (Å²) in [7, 11) is 0. The molecule has 1 aromatic carbocycles. The highest BCUT2D eigenvalue weighted by atomic mass is 79.9. The molecule has 0 aliphatic heterocycles. The fraction of sp³-hybridized carbons (Fsp3) is 0.231. The van der Waals surface area contributed by atoms with E-state index in [1.165, 1.54) is 10.9 Å². The molecule has 0 spiro atoms. The van der Waals surface area contributed by atoms with E-state index in [0.29, 0.717) is 5.56 Å². The number of nitrogens with two attached hydrogens (primary N) is 1. The predicted octanol–water partition coefficient (Wildman–Crippen LogP) is 4.28. The molecule has 4 heteroatoms. The molecule has 0 radical (unpaired) electrons. The van der Waals surface area contributed by atoms with E-state index in [9.17, 15) is 4.39 Å². The minimum absolute atomic E-state index is 0.238. The first-order valence-corrected chi connectivity index (χ1v) is 7.07. The Labute approximate surface area is 113 Å². The van der Waals surface area contributed by atoms with Crippen LogP contribution in [0.2, 0.25) is 0 Å². The van der Waals surface area contributed by atoms with Gasteiger partial charge in [-0.15, -0.1) is 11.3 Å². The number of benzene rings is 1. The smallest absolute Gasteiger partial charge is 0.129 e. The SMILES string of the molecule is NC(CCc1cccs1)c1ccc(Br)cc1F. The molecule has 0 aliphatic carbocycles. The first-order valence-electron chi connectivity index (χ1n) is 5.39. The summed E-state index contributed by atoms with van der Waals surface area (Å²) < 4.78 is 14.4. The van der Waals surface area contributed by atoms with Gasteiger partial charge in [-0.1, -0.05) is 28.1 Å². The van der Waals surface area contributed by atoms with Crippen molar-refractivity contribution < 1.29 is 4.39 Å². The van der Waals surface area contributed by atoms with Crippen molar-refractivity contribution in [1.29, 1.82) is 0 Å². The van der Waals surface area contributed by atoms with Gasteiger partial charge < -0.3 is 5.73 Å². The summed E-state index contributed by atoms with van der Waals surface area (Å²) in [5.41, 5.74) is 6.60. The van der Waals surface area contributed by atoms with E-state index in [1.54, 1.807) is 17.4 Å². The van der Waals surface area contributed by atoms with Crippen molar-refractivity contribution in [2.45, 2.75) is 18.9 Å². The van der Waals surface area contributed by atoms with Gasteiger partial charge in [0.25, 0.3) is 0 Å². The Bertz CT molecular complexity index is 484. The first kappa shape index (κ1) is 12.7. The van der Waals surface area contributed by atoms with Gasteiger partial charge in [0.05, 0.1) is 0 Å². The Kier molecular flexibility index (Phi) is 4.31. The van der Waals surface area contributed by atoms with Crippen LogP contribution in [0.5, 0.6) is 0 Å². The molecule has 1 atom stereocenters. The molecule has 1 unspecified atom stereocenters. The highest BCUT2D eigenvalue weighted by Crippen LogP contribution is 2.23. The molecule has 0 bridgehead atoms. The average Bonchev–Trinajstić information content (AvgIpc) is 2.78. The summed E-state index contributed by atoms with van der Waals surface area (Å²) in [6.45, 7) is 0. The zero-order valence-electron chi connectivity index (χ0n) is 9.20. The number of thiophene rings is 1. The van der Waals surface area contributed by atoms with Gasteiger partial charge in [0.15, 0.2) is 0 Å². The Hall–Kier alpha value is -0.710. The van der Waals surface area contributed by atoms with Crippen molar-refractivity contribution in [1.82, 2.24) is 0 Å². The quantitative estimate of drug-likeness (QED) is 0.895. The van der Waals surface area contributed by atoms with Crippen LogP contribution in [-0.2, 0) is 6.42 Å². The molecule has 1 aromatic heterocycles. The summed E-state index contributed by atoms with van der Waals surface area (Å²) in [6, 6.07) is 8.88. The Morgan fingerprint density at radius 3 is 2.82 bits per heavy atom. The van der Waals surface area contributed by atoms with Gasteiger partial charge in [-0.25, -0.2) is 4.39 Å². The minimum Gasteiger partial charge on any atom is -0.324 e. The molecule has 2 aromatic rings. The van der Waals surface area contributed by atoms with Crippen LogP contribution in [0, 0.1) is 5.82 Å². The molecule has 0 fully saturated rings. The highest BCUT2D eigenvalue weighted by molar-refractivity contribution is 9.10. The molecule has 1 heterocycles. The maximum atomic E-state index is 13.7. The second-order valence-corrected chi connectivity index (χ2v) is 5.84. The third kappa shape index (κ3) is 3.37. The summed E-state index contributed by atoms with van der Waals surface area (Å²) in [6.07, 6.45) is 1.66. The molecule has 0 saturated carbocycles. The molecule has 0 saturated heterocycles. The van der Waals surface area contributed by atoms with E-state index in [1.807, 2.05) is 17.5 Å². The van der Waals surface area contributed by atoms with E-state index >= 15 is 0 Å². The third-order valence-electron chi connectivity index (χ3n) is 2.64. The van der Waals surface area contributed by atoms with E-state index in [2.05, 4.69) is 22.0 Å². The Balaban J connectivity index is 2.01. The fourth-order valence-electron chi connectivity index (χ4n) is 1.71. The Morgan fingerprint density at radius 1 is 1.35 bits per heavy atom. The monoisotopic (exact) mass is 313 g/mol. The first-order chi connectivity index (χ1) is 8.16. The number of halogens is 2. The van der Waals surface area contributed by atoms with Crippen LogP contribution >= 0.6 is 27.3 Å². The number of rotatable bonds is 4. The third-order valence-corrected chi connectivity index (χ3v) is 4.07. The van der Waals surface area contributed by atoms with Gasteiger partial charge in [-0.3, -0.25) is 0 Å². The van der Waals surface area contributed by atoms with Crippen LogP contribution < -0.4 is 5.73 Å². The fourth-order valence-corrected chi connectivity index (χ4v) is 2.77. The normalized spacial score (nSPS) is 12.6. The van der Waals surface area contributed by atoms with Crippen molar-refractivity contribution in [3.63, 3.8) is 0 Å². The second kappa shape index (κ2) is 5.76. The van der Waals surface area contributed by atoms with Crippen molar-refractivity contribution in [2.75, 3.05) is 0 Å². The standard InChI is InChI=1S/C13H13BrFNS/c14-9-3-5-11(12(15)8-9)13(16)6-4-10-2-1-7-17-10/h1-3,5,7-8,13H,4,6,16H2. The molecular formula is C13H13BrFNS. The molecular weight excluding hydrogens is 301 g/mol. The number of aryl methyl sites for hydroxylation is 1. The van der Waals surface area contributed by atoms with Crippen molar-refractivity contribution in [3.8, 4) is 0 Å². The van der Waals surface area contributed by atoms with Crippen LogP contribution in [0.3, 0.4) is 0 Å². The van der Waals surface area contributed by atoms with Crippen LogP contribution in [0.4, 0.5) is 4.39 Å². The predicted molar refractivity (Wildman–Crippen MR) is 73.7 cm³/mol.